The summed E-state index contributed by atoms with van der Waals surface area (Å²) in [5.74, 6) is -1.83. The largest absolute Gasteiger partial charge is 0.481 e. The van der Waals surface area contributed by atoms with Gasteiger partial charge in [0.25, 0.3) is 0 Å². The Balaban J connectivity index is 1.68. The highest BCUT2D eigenvalue weighted by Gasteiger charge is 2.49. The predicted molar refractivity (Wildman–Crippen MR) is 75.3 cm³/mol. The fourth-order valence-electron chi connectivity index (χ4n) is 2.29. The van der Waals surface area contributed by atoms with Crippen LogP contribution in [0, 0.1) is 11.8 Å². The van der Waals surface area contributed by atoms with Gasteiger partial charge in [-0.3, -0.25) is 9.59 Å². The van der Waals surface area contributed by atoms with Gasteiger partial charge >= 0.3 is 5.97 Å². The molecule has 104 valence electrons. The number of rotatable bonds is 4. The van der Waals surface area contributed by atoms with E-state index in [1.54, 1.807) is 23.3 Å². The van der Waals surface area contributed by atoms with Crippen molar-refractivity contribution in [3.8, 4) is 0 Å². The lowest BCUT2D eigenvalue weighted by Crippen LogP contribution is -2.28. The topological polar surface area (TPSA) is 70.5 Å². The quantitative estimate of drug-likeness (QED) is 0.934. The molecule has 0 unspecified atom stereocenters. The number of thiazole rings is 1. The average Bonchev–Trinajstić information content (AvgIpc) is 3.12. The number of carbonyl (C=O) groups is 2. The lowest BCUT2D eigenvalue weighted by molar-refractivity contribution is -0.141. The zero-order valence-electron chi connectivity index (χ0n) is 10.9. The fraction of sp³-hybridized carbons (Fsp3) is 0.357. The SMILES string of the molecule is CN(Cc1nc2ccccc2s1)C(=O)[C@@H]1C[C@@H]1C(=O)O. The van der Waals surface area contributed by atoms with Gasteiger partial charge in [-0.05, 0) is 18.6 Å². The summed E-state index contributed by atoms with van der Waals surface area (Å²) in [5, 5.41) is 9.73. The van der Waals surface area contributed by atoms with Gasteiger partial charge in [0.05, 0.1) is 28.6 Å². The molecule has 0 radical (unpaired) electrons. The molecule has 0 saturated heterocycles. The van der Waals surface area contributed by atoms with E-state index in [4.69, 9.17) is 5.11 Å². The van der Waals surface area contributed by atoms with E-state index in [1.165, 1.54) is 0 Å². The van der Waals surface area contributed by atoms with Gasteiger partial charge in [-0.25, -0.2) is 4.98 Å². The molecule has 0 spiro atoms. The molecule has 5 nitrogen and oxygen atoms in total. The van der Waals surface area contributed by atoms with Crippen LogP contribution in [0.2, 0.25) is 0 Å². The first-order valence-electron chi connectivity index (χ1n) is 6.38. The second-order valence-corrected chi connectivity index (χ2v) is 6.17. The lowest BCUT2D eigenvalue weighted by atomic mass is 10.3. The molecule has 0 aliphatic heterocycles. The molecule has 6 heteroatoms. The molecule has 3 rings (SSSR count). The number of fused-ring (bicyclic) bond motifs is 1. The first-order valence-corrected chi connectivity index (χ1v) is 7.20. The number of benzene rings is 1. The first-order chi connectivity index (χ1) is 9.56. The van der Waals surface area contributed by atoms with Crippen molar-refractivity contribution in [2.24, 2.45) is 11.8 Å². The van der Waals surface area contributed by atoms with Gasteiger partial charge in [0.2, 0.25) is 5.91 Å². The standard InChI is InChI=1S/C14H14N2O3S/c1-16(13(17)8-6-9(8)14(18)19)7-12-15-10-4-2-3-5-11(10)20-12/h2-5,8-9H,6-7H2,1H3,(H,18,19)/t8-,9+/m1/s1. The van der Waals surface area contributed by atoms with Crippen molar-refractivity contribution < 1.29 is 14.7 Å². The van der Waals surface area contributed by atoms with Gasteiger partial charge in [0.15, 0.2) is 0 Å². The zero-order valence-corrected chi connectivity index (χ0v) is 11.8. The number of aliphatic carboxylic acids is 1. The Bertz CT molecular complexity index is 649. The summed E-state index contributed by atoms with van der Waals surface area (Å²) in [5.41, 5.74) is 0.934. The van der Waals surface area contributed by atoms with E-state index in [9.17, 15) is 9.59 Å². The summed E-state index contributed by atoms with van der Waals surface area (Å²) in [6, 6.07) is 7.83. The third-order valence-electron chi connectivity index (χ3n) is 3.51. The van der Waals surface area contributed by atoms with Crippen molar-refractivity contribution in [1.29, 1.82) is 0 Å². The van der Waals surface area contributed by atoms with Crippen molar-refractivity contribution >= 4 is 33.4 Å². The second-order valence-electron chi connectivity index (χ2n) is 5.06. The van der Waals surface area contributed by atoms with Crippen molar-refractivity contribution in [2.75, 3.05) is 7.05 Å². The molecule has 1 aliphatic carbocycles. The van der Waals surface area contributed by atoms with E-state index in [0.717, 1.165) is 15.2 Å². The molecule has 1 aromatic heterocycles. The van der Waals surface area contributed by atoms with Crippen molar-refractivity contribution in [3.63, 3.8) is 0 Å². The maximum absolute atomic E-state index is 12.1. The molecule has 1 aliphatic rings. The number of carboxylic acid groups (broad SMARTS) is 1. The molecule has 1 aromatic carbocycles. The maximum atomic E-state index is 12.1. The normalized spacial score (nSPS) is 20.9. The van der Waals surface area contributed by atoms with E-state index in [1.807, 2.05) is 24.3 Å². The monoisotopic (exact) mass is 290 g/mol. The third kappa shape index (κ3) is 2.38. The fourth-order valence-corrected chi connectivity index (χ4v) is 3.31. The van der Waals surface area contributed by atoms with Gasteiger partial charge in [-0.2, -0.15) is 0 Å². The highest BCUT2D eigenvalue weighted by molar-refractivity contribution is 7.18. The number of hydrogen-bond donors (Lipinski definition) is 1. The van der Waals surface area contributed by atoms with E-state index in [-0.39, 0.29) is 11.8 Å². The summed E-state index contributed by atoms with van der Waals surface area (Å²) in [4.78, 5) is 28.9. The number of carboxylic acids is 1. The number of amides is 1. The summed E-state index contributed by atoms with van der Waals surface area (Å²) < 4.78 is 1.10. The molecule has 0 bridgehead atoms. The maximum Gasteiger partial charge on any atom is 0.307 e. The third-order valence-corrected chi connectivity index (χ3v) is 4.53. The Labute approximate surface area is 119 Å². The van der Waals surface area contributed by atoms with Crippen LogP contribution in [0.3, 0.4) is 0 Å². The minimum Gasteiger partial charge on any atom is -0.481 e. The molecular weight excluding hydrogens is 276 g/mol. The molecular formula is C14H14N2O3S. The summed E-state index contributed by atoms with van der Waals surface area (Å²) in [7, 11) is 1.70. The highest BCUT2D eigenvalue weighted by Crippen LogP contribution is 2.40. The van der Waals surface area contributed by atoms with Crippen LogP contribution in [-0.4, -0.2) is 33.9 Å². The molecule has 2 aromatic rings. The highest BCUT2D eigenvalue weighted by atomic mass is 32.1. The average molecular weight is 290 g/mol. The van der Waals surface area contributed by atoms with E-state index >= 15 is 0 Å². The minimum absolute atomic E-state index is 0.100. The molecule has 1 N–H and O–H groups in total. The van der Waals surface area contributed by atoms with Crippen LogP contribution in [0.1, 0.15) is 11.4 Å². The molecule has 1 heterocycles. The zero-order chi connectivity index (χ0) is 14.3. The number of carbonyl (C=O) groups excluding carboxylic acids is 1. The lowest BCUT2D eigenvalue weighted by Gasteiger charge is -2.15. The summed E-state index contributed by atoms with van der Waals surface area (Å²) >= 11 is 1.56. The molecule has 1 fully saturated rings. The Kier molecular flexibility index (Phi) is 3.17. The van der Waals surface area contributed by atoms with Crippen LogP contribution < -0.4 is 0 Å². The molecule has 1 amide bonds. The number of hydrogen-bond acceptors (Lipinski definition) is 4. The smallest absolute Gasteiger partial charge is 0.307 e. The van der Waals surface area contributed by atoms with Crippen molar-refractivity contribution in [3.05, 3.63) is 29.3 Å². The number of para-hydroxylation sites is 1. The van der Waals surface area contributed by atoms with Crippen LogP contribution in [0.25, 0.3) is 10.2 Å². The Morgan fingerprint density at radius 1 is 1.40 bits per heavy atom. The Morgan fingerprint density at radius 2 is 2.15 bits per heavy atom. The van der Waals surface area contributed by atoms with Gasteiger partial charge < -0.3 is 10.0 Å². The van der Waals surface area contributed by atoms with E-state index < -0.39 is 11.9 Å². The van der Waals surface area contributed by atoms with Crippen molar-refractivity contribution in [1.82, 2.24) is 9.88 Å². The first kappa shape index (κ1) is 13.1. The van der Waals surface area contributed by atoms with Crippen LogP contribution in [0.15, 0.2) is 24.3 Å². The van der Waals surface area contributed by atoms with Crippen LogP contribution in [0.4, 0.5) is 0 Å². The molecule has 1 saturated carbocycles. The van der Waals surface area contributed by atoms with Crippen LogP contribution in [0.5, 0.6) is 0 Å². The van der Waals surface area contributed by atoms with E-state index in [2.05, 4.69) is 4.98 Å². The predicted octanol–water partition coefficient (Wildman–Crippen LogP) is 1.98. The molecule has 2 atom stereocenters. The summed E-state index contributed by atoms with van der Waals surface area (Å²) in [6.45, 7) is 0.432. The van der Waals surface area contributed by atoms with E-state index in [0.29, 0.717) is 13.0 Å². The summed E-state index contributed by atoms with van der Waals surface area (Å²) in [6.07, 6.45) is 0.457. The number of nitrogens with zero attached hydrogens (tertiary/aromatic N) is 2. The van der Waals surface area contributed by atoms with Gasteiger partial charge in [0.1, 0.15) is 5.01 Å². The van der Waals surface area contributed by atoms with Crippen molar-refractivity contribution in [2.45, 2.75) is 13.0 Å². The van der Waals surface area contributed by atoms with Crippen LogP contribution >= 0.6 is 11.3 Å². The molecule has 20 heavy (non-hydrogen) atoms. The number of aromatic nitrogens is 1. The van der Waals surface area contributed by atoms with Crippen LogP contribution in [-0.2, 0) is 16.1 Å². The minimum atomic E-state index is -0.878. The van der Waals surface area contributed by atoms with Gasteiger partial charge in [-0.1, -0.05) is 12.1 Å². The van der Waals surface area contributed by atoms with Gasteiger partial charge in [-0.15, -0.1) is 11.3 Å². The second kappa shape index (κ2) is 4.86. The Morgan fingerprint density at radius 3 is 2.80 bits per heavy atom. The Hall–Kier alpha value is -1.95. The van der Waals surface area contributed by atoms with Gasteiger partial charge in [0, 0.05) is 7.05 Å².